The summed E-state index contributed by atoms with van der Waals surface area (Å²) in [5.41, 5.74) is 2.85. The molecule has 0 spiro atoms. The lowest BCUT2D eigenvalue weighted by Crippen LogP contribution is -2.33. The standard InChI is InChI=1S/C15H16N6OS2/c1-4-12(22)17-14(23)16-11-6-5-10(7-8(11)2)13-20-21-9(3)18-19-15(21)24-13/h5-7H,4H2,1-3H3,(H2,16,17,22,23). The van der Waals surface area contributed by atoms with Gasteiger partial charge >= 0.3 is 0 Å². The third kappa shape index (κ3) is 3.26. The number of nitrogens with one attached hydrogen (secondary N) is 2. The molecule has 0 aliphatic heterocycles. The Kier molecular flexibility index (Phi) is 4.54. The highest BCUT2D eigenvalue weighted by Gasteiger charge is 2.12. The Bertz CT molecular complexity index is 929. The summed E-state index contributed by atoms with van der Waals surface area (Å²) >= 11 is 6.63. The molecule has 24 heavy (non-hydrogen) atoms. The van der Waals surface area contributed by atoms with E-state index in [0.717, 1.165) is 32.6 Å². The Hall–Kier alpha value is -2.39. The summed E-state index contributed by atoms with van der Waals surface area (Å²) in [6.45, 7) is 5.62. The van der Waals surface area contributed by atoms with Crippen LogP contribution in [0.5, 0.6) is 0 Å². The van der Waals surface area contributed by atoms with Gasteiger partial charge in [0.25, 0.3) is 0 Å². The monoisotopic (exact) mass is 360 g/mol. The summed E-state index contributed by atoms with van der Waals surface area (Å²) in [6.07, 6.45) is 0.389. The summed E-state index contributed by atoms with van der Waals surface area (Å²) in [5, 5.41) is 19.4. The molecule has 0 aliphatic rings. The van der Waals surface area contributed by atoms with Gasteiger partial charge in [-0.15, -0.1) is 10.2 Å². The SMILES string of the molecule is CCC(=O)NC(=S)Nc1ccc(-c2nn3c(C)nnc3s2)cc1C. The Morgan fingerprint density at radius 1 is 1.33 bits per heavy atom. The van der Waals surface area contributed by atoms with E-state index in [9.17, 15) is 4.79 Å². The Morgan fingerprint density at radius 2 is 2.12 bits per heavy atom. The minimum atomic E-state index is -0.114. The molecular formula is C15H16N6OS2. The summed E-state index contributed by atoms with van der Waals surface area (Å²) in [4.78, 5) is 12.1. The van der Waals surface area contributed by atoms with E-state index in [1.165, 1.54) is 11.3 Å². The normalized spacial score (nSPS) is 10.8. The third-order valence-electron chi connectivity index (χ3n) is 3.44. The van der Waals surface area contributed by atoms with E-state index in [0.29, 0.717) is 11.5 Å². The molecule has 0 bridgehead atoms. The van der Waals surface area contributed by atoms with Gasteiger partial charge in [0.1, 0.15) is 5.01 Å². The number of fused-ring (bicyclic) bond motifs is 1. The molecule has 2 heterocycles. The number of amides is 1. The average molecular weight is 360 g/mol. The van der Waals surface area contributed by atoms with Crippen molar-refractivity contribution in [2.75, 3.05) is 5.32 Å². The number of nitrogens with zero attached hydrogens (tertiary/aromatic N) is 4. The van der Waals surface area contributed by atoms with Crippen molar-refractivity contribution in [3.8, 4) is 10.6 Å². The van der Waals surface area contributed by atoms with Crippen LogP contribution in [0.1, 0.15) is 24.7 Å². The van der Waals surface area contributed by atoms with Crippen molar-refractivity contribution in [2.24, 2.45) is 0 Å². The number of anilines is 1. The minimum Gasteiger partial charge on any atom is -0.332 e. The van der Waals surface area contributed by atoms with Crippen LogP contribution in [-0.4, -0.2) is 30.8 Å². The summed E-state index contributed by atoms with van der Waals surface area (Å²) in [6, 6.07) is 5.90. The summed E-state index contributed by atoms with van der Waals surface area (Å²) in [5.74, 6) is 0.649. The predicted molar refractivity (Wildman–Crippen MR) is 98.2 cm³/mol. The predicted octanol–water partition coefficient (Wildman–Crippen LogP) is 2.69. The molecule has 3 aromatic rings. The van der Waals surface area contributed by atoms with E-state index >= 15 is 0 Å². The van der Waals surface area contributed by atoms with Crippen LogP contribution in [0.15, 0.2) is 18.2 Å². The van der Waals surface area contributed by atoms with Crippen molar-refractivity contribution in [3.63, 3.8) is 0 Å². The molecule has 9 heteroatoms. The molecule has 0 unspecified atom stereocenters. The van der Waals surface area contributed by atoms with Crippen LogP contribution in [0.2, 0.25) is 0 Å². The van der Waals surface area contributed by atoms with Crippen LogP contribution in [0.25, 0.3) is 15.5 Å². The van der Waals surface area contributed by atoms with Crippen LogP contribution in [0, 0.1) is 13.8 Å². The van der Waals surface area contributed by atoms with Gasteiger partial charge in [-0.2, -0.15) is 9.61 Å². The largest absolute Gasteiger partial charge is 0.332 e. The van der Waals surface area contributed by atoms with Crippen LogP contribution in [0.3, 0.4) is 0 Å². The van der Waals surface area contributed by atoms with Crippen molar-refractivity contribution >= 4 is 45.2 Å². The number of thiocarbonyl (C=S) groups is 1. The van der Waals surface area contributed by atoms with Gasteiger partial charge < -0.3 is 10.6 Å². The number of rotatable bonds is 3. The lowest BCUT2D eigenvalue weighted by Gasteiger charge is -2.12. The number of aryl methyl sites for hydroxylation is 2. The zero-order chi connectivity index (χ0) is 17.3. The maximum atomic E-state index is 11.4. The Morgan fingerprint density at radius 3 is 2.79 bits per heavy atom. The van der Waals surface area contributed by atoms with E-state index in [-0.39, 0.29) is 5.91 Å². The van der Waals surface area contributed by atoms with Crippen LogP contribution < -0.4 is 10.6 Å². The van der Waals surface area contributed by atoms with E-state index in [1.54, 1.807) is 11.4 Å². The molecule has 0 saturated heterocycles. The van der Waals surface area contributed by atoms with E-state index in [1.807, 2.05) is 32.0 Å². The molecule has 0 atom stereocenters. The number of hydrogen-bond acceptors (Lipinski definition) is 6. The molecule has 3 rings (SSSR count). The first-order chi connectivity index (χ1) is 11.5. The molecule has 0 fully saturated rings. The first kappa shape index (κ1) is 16.5. The number of carbonyl (C=O) groups is 1. The highest BCUT2D eigenvalue weighted by molar-refractivity contribution is 7.80. The highest BCUT2D eigenvalue weighted by atomic mass is 32.1. The van der Waals surface area contributed by atoms with Gasteiger partial charge in [0.15, 0.2) is 10.9 Å². The molecule has 0 radical (unpaired) electrons. The fraction of sp³-hybridized carbons (Fsp3) is 0.267. The maximum absolute atomic E-state index is 11.4. The fourth-order valence-electron chi connectivity index (χ4n) is 2.14. The van der Waals surface area contributed by atoms with Gasteiger partial charge in [-0.05, 0) is 49.8 Å². The molecule has 0 saturated carbocycles. The molecule has 1 aromatic carbocycles. The fourth-order valence-corrected chi connectivity index (χ4v) is 3.24. The van der Waals surface area contributed by atoms with Crippen molar-refractivity contribution in [2.45, 2.75) is 27.2 Å². The van der Waals surface area contributed by atoms with Crippen molar-refractivity contribution in [1.82, 2.24) is 25.1 Å². The van der Waals surface area contributed by atoms with E-state index in [4.69, 9.17) is 12.2 Å². The van der Waals surface area contributed by atoms with Crippen molar-refractivity contribution in [1.29, 1.82) is 0 Å². The summed E-state index contributed by atoms with van der Waals surface area (Å²) in [7, 11) is 0. The highest BCUT2D eigenvalue weighted by Crippen LogP contribution is 2.28. The summed E-state index contributed by atoms with van der Waals surface area (Å²) < 4.78 is 1.73. The second kappa shape index (κ2) is 6.62. The van der Waals surface area contributed by atoms with Gasteiger partial charge in [0.05, 0.1) is 0 Å². The minimum absolute atomic E-state index is 0.114. The van der Waals surface area contributed by atoms with Crippen LogP contribution in [-0.2, 0) is 4.79 Å². The number of aromatic nitrogens is 4. The third-order valence-corrected chi connectivity index (χ3v) is 4.59. The van der Waals surface area contributed by atoms with Crippen molar-refractivity contribution < 1.29 is 4.79 Å². The van der Waals surface area contributed by atoms with Gasteiger partial charge in [-0.3, -0.25) is 4.79 Å². The zero-order valence-corrected chi connectivity index (χ0v) is 15.1. The first-order valence-electron chi connectivity index (χ1n) is 7.38. The molecule has 2 aromatic heterocycles. The van der Waals surface area contributed by atoms with Crippen LogP contribution >= 0.6 is 23.6 Å². The van der Waals surface area contributed by atoms with Crippen LogP contribution in [0.4, 0.5) is 5.69 Å². The van der Waals surface area contributed by atoms with Crippen molar-refractivity contribution in [3.05, 3.63) is 29.6 Å². The number of hydrogen-bond donors (Lipinski definition) is 2. The maximum Gasteiger partial charge on any atom is 0.234 e. The first-order valence-corrected chi connectivity index (χ1v) is 8.61. The molecular weight excluding hydrogens is 344 g/mol. The quantitative estimate of drug-likeness (QED) is 0.699. The van der Waals surface area contributed by atoms with E-state index < -0.39 is 0 Å². The second-order valence-corrected chi connectivity index (χ2v) is 6.60. The molecule has 7 nitrogen and oxygen atoms in total. The number of benzene rings is 1. The van der Waals surface area contributed by atoms with Gasteiger partial charge in [0, 0.05) is 17.7 Å². The van der Waals surface area contributed by atoms with Gasteiger partial charge in [-0.1, -0.05) is 18.3 Å². The average Bonchev–Trinajstić information content (AvgIpc) is 3.11. The lowest BCUT2D eigenvalue weighted by molar-refractivity contribution is -0.119. The van der Waals surface area contributed by atoms with E-state index in [2.05, 4.69) is 25.9 Å². The topological polar surface area (TPSA) is 84.2 Å². The van der Waals surface area contributed by atoms with Gasteiger partial charge in [0.2, 0.25) is 10.9 Å². The Labute approximate surface area is 148 Å². The second-order valence-electron chi connectivity index (χ2n) is 5.23. The number of carbonyl (C=O) groups excluding carboxylic acids is 1. The molecule has 2 N–H and O–H groups in total. The Balaban J connectivity index is 1.81. The molecule has 1 amide bonds. The zero-order valence-electron chi connectivity index (χ0n) is 13.5. The molecule has 0 aliphatic carbocycles. The smallest absolute Gasteiger partial charge is 0.234 e. The lowest BCUT2D eigenvalue weighted by atomic mass is 10.1. The molecule has 124 valence electrons. The van der Waals surface area contributed by atoms with Gasteiger partial charge in [-0.25, -0.2) is 0 Å².